The maximum atomic E-state index is 11.6. The second-order valence-electron chi connectivity index (χ2n) is 3.21. The van der Waals surface area contributed by atoms with E-state index in [2.05, 4.69) is 4.98 Å². The first-order valence-electron chi connectivity index (χ1n) is 4.53. The summed E-state index contributed by atoms with van der Waals surface area (Å²) in [5.41, 5.74) is 0.382. The second-order valence-corrected chi connectivity index (χ2v) is 3.21. The molecule has 4 nitrogen and oxygen atoms in total. The van der Waals surface area contributed by atoms with Crippen LogP contribution in [0.5, 0.6) is 5.88 Å². The van der Waals surface area contributed by atoms with Gasteiger partial charge in [0.25, 0.3) is 0 Å². The van der Waals surface area contributed by atoms with Crippen LogP contribution in [0.2, 0.25) is 0 Å². The Morgan fingerprint density at radius 2 is 2.20 bits per heavy atom. The number of nitrogens with zero attached hydrogens (tertiary/aromatic N) is 2. The van der Waals surface area contributed by atoms with Gasteiger partial charge in [0.1, 0.15) is 5.69 Å². The van der Waals surface area contributed by atoms with Gasteiger partial charge in [-0.2, -0.15) is 0 Å². The number of hydrogen-bond donors (Lipinski definition) is 0. The molecule has 1 rings (SSSR count). The lowest BCUT2D eigenvalue weighted by Gasteiger charge is -2.03. The number of hydrogen-bond acceptors (Lipinski definition) is 4. The molecule has 1 aromatic heterocycles. The van der Waals surface area contributed by atoms with Crippen LogP contribution in [-0.4, -0.2) is 36.9 Å². The van der Waals surface area contributed by atoms with Gasteiger partial charge < -0.3 is 9.64 Å². The van der Waals surface area contributed by atoms with Gasteiger partial charge in [-0.1, -0.05) is 6.07 Å². The summed E-state index contributed by atoms with van der Waals surface area (Å²) < 4.78 is 4.93. The van der Waals surface area contributed by atoms with Crippen LogP contribution in [0.15, 0.2) is 30.5 Å². The third kappa shape index (κ3) is 3.42. The van der Waals surface area contributed by atoms with Crippen LogP contribution in [-0.2, 0) is 0 Å². The summed E-state index contributed by atoms with van der Waals surface area (Å²) in [6.07, 6.45) is 3.16. The van der Waals surface area contributed by atoms with E-state index >= 15 is 0 Å². The Labute approximate surface area is 89.2 Å². The second kappa shape index (κ2) is 5.14. The maximum Gasteiger partial charge on any atom is 0.213 e. The van der Waals surface area contributed by atoms with Crippen molar-refractivity contribution in [3.63, 3.8) is 0 Å². The molecule has 0 amide bonds. The molecular weight excluding hydrogens is 192 g/mol. The van der Waals surface area contributed by atoms with E-state index in [0.29, 0.717) is 11.6 Å². The number of carbonyl (C=O) groups is 1. The van der Waals surface area contributed by atoms with E-state index in [-0.39, 0.29) is 5.78 Å². The summed E-state index contributed by atoms with van der Waals surface area (Å²) >= 11 is 0. The fourth-order valence-corrected chi connectivity index (χ4v) is 0.968. The molecule has 80 valence electrons. The van der Waals surface area contributed by atoms with Crippen LogP contribution in [0.25, 0.3) is 0 Å². The number of methoxy groups -OCH3 is 1. The third-order valence-corrected chi connectivity index (χ3v) is 1.71. The fraction of sp³-hybridized carbons (Fsp3) is 0.273. The minimum absolute atomic E-state index is 0.136. The molecule has 0 bridgehead atoms. The van der Waals surface area contributed by atoms with Gasteiger partial charge in [0.15, 0.2) is 0 Å². The number of allylic oxidation sites excluding steroid dienone is 1. The summed E-state index contributed by atoms with van der Waals surface area (Å²) in [4.78, 5) is 17.4. The highest BCUT2D eigenvalue weighted by Gasteiger charge is 2.04. The van der Waals surface area contributed by atoms with Crippen molar-refractivity contribution in [2.75, 3.05) is 21.2 Å². The van der Waals surface area contributed by atoms with E-state index in [1.54, 1.807) is 29.3 Å². The zero-order chi connectivity index (χ0) is 11.3. The number of pyridine rings is 1. The van der Waals surface area contributed by atoms with E-state index < -0.39 is 0 Å². The number of aromatic nitrogens is 1. The lowest BCUT2D eigenvalue weighted by Crippen LogP contribution is -2.04. The SMILES string of the molecule is COc1cccc(C(=O)C=CN(C)C)n1. The molecule has 1 heterocycles. The van der Waals surface area contributed by atoms with Crippen molar-refractivity contribution in [1.82, 2.24) is 9.88 Å². The Balaban J connectivity index is 2.82. The van der Waals surface area contributed by atoms with E-state index in [4.69, 9.17) is 4.74 Å². The van der Waals surface area contributed by atoms with E-state index in [1.807, 2.05) is 14.1 Å². The first-order chi connectivity index (χ1) is 7.13. The quantitative estimate of drug-likeness (QED) is 0.551. The van der Waals surface area contributed by atoms with Gasteiger partial charge in [0.05, 0.1) is 7.11 Å². The van der Waals surface area contributed by atoms with Gasteiger partial charge in [-0.05, 0) is 6.07 Å². The molecule has 4 heteroatoms. The average molecular weight is 206 g/mol. The topological polar surface area (TPSA) is 42.4 Å². The molecule has 0 aliphatic heterocycles. The minimum atomic E-state index is -0.136. The predicted molar refractivity (Wildman–Crippen MR) is 57.9 cm³/mol. The number of ether oxygens (including phenoxy) is 1. The number of rotatable bonds is 4. The Morgan fingerprint density at radius 1 is 1.47 bits per heavy atom. The molecule has 0 spiro atoms. The summed E-state index contributed by atoms with van der Waals surface area (Å²) in [6, 6.07) is 5.10. The molecule has 0 N–H and O–H groups in total. The van der Waals surface area contributed by atoms with Crippen LogP contribution in [0.3, 0.4) is 0 Å². The molecule has 0 aliphatic carbocycles. The van der Waals surface area contributed by atoms with Crippen molar-refractivity contribution in [3.05, 3.63) is 36.2 Å². The molecule has 0 atom stereocenters. The molecule has 0 saturated heterocycles. The average Bonchev–Trinajstić information content (AvgIpc) is 2.26. The summed E-state index contributed by atoms with van der Waals surface area (Å²) in [5.74, 6) is 0.307. The van der Waals surface area contributed by atoms with Crippen LogP contribution >= 0.6 is 0 Å². The first kappa shape index (κ1) is 11.2. The largest absolute Gasteiger partial charge is 0.481 e. The molecule has 0 fully saturated rings. The molecule has 0 aromatic carbocycles. The Kier molecular flexibility index (Phi) is 3.85. The molecule has 0 radical (unpaired) electrons. The van der Waals surface area contributed by atoms with Gasteiger partial charge >= 0.3 is 0 Å². The Morgan fingerprint density at radius 3 is 2.80 bits per heavy atom. The Bertz CT molecular complexity index is 373. The normalized spacial score (nSPS) is 10.3. The molecule has 0 unspecified atom stereocenters. The molecular formula is C11H14N2O2. The highest BCUT2D eigenvalue weighted by molar-refractivity contribution is 6.02. The Hall–Kier alpha value is -1.84. The monoisotopic (exact) mass is 206 g/mol. The highest BCUT2D eigenvalue weighted by atomic mass is 16.5. The molecule has 0 aliphatic rings. The molecule has 15 heavy (non-hydrogen) atoms. The zero-order valence-corrected chi connectivity index (χ0v) is 9.10. The molecule has 0 saturated carbocycles. The maximum absolute atomic E-state index is 11.6. The van der Waals surface area contributed by atoms with Gasteiger partial charge in [-0.3, -0.25) is 4.79 Å². The van der Waals surface area contributed by atoms with Gasteiger partial charge in [-0.25, -0.2) is 4.98 Å². The molecule has 1 aromatic rings. The third-order valence-electron chi connectivity index (χ3n) is 1.71. The van der Waals surface area contributed by atoms with E-state index in [9.17, 15) is 4.79 Å². The lowest BCUT2D eigenvalue weighted by molar-refractivity contribution is 0.104. The summed E-state index contributed by atoms with van der Waals surface area (Å²) in [7, 11) is 5.22. The van der Waals surface area contributed by atoms with Crippen LogP contribution in [0, 0.1) is 0 Å². The van der Waals surface area contributed by atoms with Crippen molar-refractivity contribution in [1.29, 1.82) is 0 Å². The zero-order valence-electron chi connectivity index (χ0n) is 9.10. The summed E-state index contributed by atoms with van der Waals surface area (Å²) in [6.45, 7) is 0. The van der Waals surface area contributed by atoms with E-state index in [0.717, 1.165) is 0 Å². The summed E-state index contributed by atoms with van der Waals surface area (Å²) in [5, 5.41) is 0. The van der Waals surface area contributed by atoms with Gasteiger partial charge in [0, 0.05) is 32.4 Å². The van der Waals surface area contributed by atoms with E-state index in [1.165, 1.54) is 13.2 Å². The van der Waals surface area contributed by atoms with Crippen molar-refractivity contribution < 1.29 is 9.53 Å². The standard InChI is InChI=1S/C11H14N2O2/c1-13(2)8-7-10(14)9-5-4-6-11(12-9)15-3/h4-8H,1-3H3. The minimum Gasteiger partial charge on any atom is -0.481 e. The number of ketones is 1. The first-order valence-corrected chi connectivity index (χ1v) is 4.53. The number of carbonyl (C=O) groups excluding carboxylic acids is 1. The fourth-order valence-electron chi connectivity index (χ4n) is 0.968. The van der Waals surface area contributed by atoms with Crippen LogP contribution < -0.4 is 4.74 Å². The van der Waals surface area contributed by atoms with Crippen molar-refractivity contribution >= 4 is 5.78 Å². The van der Waals surface area contributed by atoms with Crippen LogP contribution in [0.1, 0.15) is 10.5 Å². The highest BCUT2D eigenvalue weighted by Crippen LogP contribution is 2.07. The van der Waals surface area contributed by atoms with Crippen LogP contribution in [0.4, 0.5) is 0 Å². The van der Waals surface area contributed by atoms with Crippen molar-refractivity contribution in [2.24, 2.45) is 0 Å². The predicted octanol–water partition coefficient (Wildman–Crippen LogP) is 1.35. The van der Waals surface area contributed by atoms with Crippen molar-refractivity contribution in [3.8, 4) is 5.88 Å². The van der Waals surface area contributed by atoms with Gasteiger partial charge in [-0.15, -0.1) is 0 Å². The smallest absolute Gasteiger partial charge is 0.213 e. The van der Waals surface area contributed by atoms with Gasteiger partial charge in [0.2, 0.25) is 11.7 Å². The van der Waals surface area contributed by atoms with Crippen molar-refractivity contribution in [2.45, 2.75) is 0 Å². The lowest BCUT2D eigenvalue weighted by atomic mass is 10.2.